The molecular weight excluding hydrogens is 557 g/mol. The Balaban J connectivity index is 1.45. The molecule has 0 aliphatic carbocycles. The van der Waals surface area contributed by atoms with Gasteiger partial charge in [-0.25, -0.2) is 4.39 Å². The van der Waals surface area contributed by atoms with Crippen LogP contribution in [0.25, 0.3) is 6.08 Å². The highest BCUT2D eigenvalue weighted by Gasteiger charge is 2.16. The molecule has 0 heterocycles. The Morgan fingerprint density at radius 1 is 0.810 bits per heavy atom. The predicted molar refractivity (Wildman–Crippen MR) is 162 cm³/mol. The fourth-order valence-corrected chi connectivity index (χ4v) is 4.48. The molecule has 0 aromatic heterocycles. The average molecular weight is 586 g/mol. The number of ether oxygens (including phenoxy) is 2. The summed E-state index contributed by atoms with van der Waals surface area (Å²) >= 11 is 1.26. The maximum atomic E-state index is 13.8. The third kappa shape index (κ3) is 8.21. The van der Waals surface area contributed by atoms with Gasteiger partial charge in [-0.05, 0) is 72.3 Å². The van der Waals surface area contributed by atoms with Crippen molar-refractivity contribution < 1.29 is 28.2 Å². The van der Waals surface area contributed by atoms with Crippen molar-refractivity contribution in [2.24, 2.45) is 0 Å². The molecule has 0 aliphatic rings. The second-order valence-electron chi connectivity index (χ2n) is 8.79. The molecule has 214 valence electrons. The zero-order valence-electron chi connectivity index (χ0n) is 22.8. The first-order valence-corrected chi connectivity index (χ1v) is 13.7. The summed E-state index contributed by atoms with van der Waals surface area (Å²) in [5.41, 5.74) is 1.61. The summed E-state index contributed by atoms with van der Waals surface area (Å²) in [4.78, 5) is 39.2. The summed E-state index contributed by atoms with van der Waals surface area (Å²) in [6.07, 6.45) is 1.54. The second kappa shape index (κ2) is 14.5. The molecule has 10 heteroatoms. The van der Waals surface area contributed by atoms with E-state index >= 15 is 0 Å². The van der Waals surface area contributed by atoms with E-state index in [1.807, 2.05) is 0 Å². The summed E-state index contributed by atoms with van der Waals surface area (Å²) in [6.45, 7) is 0. The molecule has 0 bridgehead atoms. The van der Waals surface area contributed by atoms with E-state index in [9.17, 15) is 18.8 Å². The first kappa shape index (κ1) is 29.9. The minimum Gasteiger partial charge on any atom is -0.493 e. The Hall–Kier alpha value is -5.09. The zero-order chi connectivity index (χ0) is 29.9. The number of amides is 3. The van der Waals surface area contributed by atoms with Crippen LogP contribution in [0.3, 0.4) is 0 Å². The lowest BCUT2D eigenvalue weighted by Crippen LogP contribution is -2.30. The number of halogens is 1. The molecule has 0 unspecified atom stereocenters. The maximum absolute atomic E-state index is 13.8. The van der Waals surface area contributed by atoms with Gasteiger partial charge in [-0.15, -0.1) is 11.8 Å². The first-order valence-electron chi connectivity index (χ1n) is 12.7. The molecule has 8 nitrogen and oxygen atoms in total. The van der Waals surface area contributed by atoms with E-state index in [-0.39, 0.29) is 23.0 Å². The number of anilines is 2. The van der Waals surface area contributed by atoms with Gasteiger partial charge < -0.3 is 25.4 Å². The van der Waals surface area contributed by atoms with Crippen LogP contribution in [0.5, 0.6) is 11.5 Å². The highest BCUT2D eigenvalue weighted by molar-refractivity contribution is 8.00. The van der Waals surface area contributed by atoms with Crippen LogP contribution in [0.2, 0.25) is 0 Å². The van der Waals surface area contributed by atoms with Gasteiger partial charge in [0.05, 0.1) is 25.7 Å². The van der Waals surface area contributed by atoms with Gasteiger partial charge in [0.1, 0.15) is 11.5 Å². The van der Waals surface area contributed by atoms with Gasteiger partial charge in [0.25, 0.3) is 11.8 Å². The summed E-state index contributed by atoms with van der Waals surface area (Å²) in [6, 6.07) is 26.5. The van der Waals surface area contributed by atoms with Gasteiger partial charge in [0.2, 0.25) is 5.91 Å². The number of hydrogen-bond acceptors (Lipinski definition) is 6. The van der Waals surface area contributed by atoms with E-state index < -0.39 is 17.6 Å². The predicted octanol–water partition coefficient (Wildman–Crippen LogP) is 5.98. The number of carbonyl (C=O) groups excluding carboxylic acids is 3. The van der Waals surface area contributed by atoms with Crippen LogP contribution < -0.4 is 25.4 Å². The van der Waals surface area contributed by atoms with Gasteiger partial charge in [-0.3, -0.25) is 14.4 Å². The Kier molecular flexibility index (Phi) is 10.3. The smallest absolute Gasteiger partial charge is 0.272 e. The van der Waals surface area contributed by atoms with Crippen LogP contribution in [0.4, 0.5) is 15.8 Å². The Morgan fingerprint density at radius 2 is 1.50 bits per heavy atom. The van der Waals surface area contributed by atoms with Crippen molar-refractivity contribution in [2.75, 3.05) is 30.6 Å². The van der Waals surface area contributed by atoms with Crippen molar-refractivity contribution in [3.05, 3.63) is 120 Å². The van der Waals surface area contributed by atoms with Crippen molar-refractivity contribution in [3.63, 3.8) is 0 Å². The number of rotatable bonds is 11. The molecule has 0 saturated heterocycles. The number of methoxy groups -OCH3 is 2. The van der Waals surface area contributed by atoms with Crippen molar-refractivity contribution in [1.29, 1.82) is 0 Å². The Bertz CT molecular complexity index is 1590. The molecule has 0 spiro atoms. The van der Waals surface area contributed by atoms with E-state index in [4.69, 9.17) is 9.47 Å². The highest BCUT2D eigenvalue weighted by Crippen LogP contribution is 2.28. The zero-order valence-corrected chi connectivity index (χ0v) is 23.7. The number of nitrogens with one attached hydrogen (secondary N) is 3. The van der Waals surface area contributed by atoms with Crippen molar-refractivity contribution in [2.45, 2.75) is 4.90 Å². The topological polar surface area (TPSA) is 106 Å². The number of carbonyl (C=O) groups is 3. The number of para-hydroxylation sites is 1. The minimum atomic E-state index is -0.543. The molecule has 3 amide bonds. The molecule has 0 aliphatic heterocycles. The maximum Gasteiger partial charge on any atom is 0.272 e. The van der Waals surface area contributed by atoms with Gasteiger partial charge >= 0.3 is 0 Å². The Morgan fingerprint density at radius 3 is 2.19 bits per heavy atom. The highest BCUT2D eigenvalue weighted by atomic mass is 32.2. The van der Waals surface area contributed by atoms with E-state index in [0.717, 1.165) is 4.90 Å². The fourth-order valence-electron chi connectivity index (χ4n) is 3.78. The van der Waals surface area contributed by atoms with Crippen LogP contribution in [0.15, 0.2) is 108 Å². The van der Waals surface area contributed by atoms with Crippen molar-refractivity contribution in [3.8, 4) is 11.5 Å². The van der Waals surface area contributed by atoms with Gasteiger partial charge in [-0.2, -0.15) is 0 Å². The largest absolute Gasteiger partial charge is 0.493 e. The molecule has 42 heavy (non-hydrogen) atoms. The SMILES string of the molecule is COc1ccc(/C=C(\NC(=O)c2ccccc2)C(=O)Nc2ccc(SCC(=O)Nc3ccccc3F)cc2)cc1OC. The lowest BCUT2D eigenvalue weighted by Gasteiger charge is -2.13. The third-order valence-corrected chi connectivity index (χ3v) is 6.89. The normalized spacial score (nSPS) is 10.9. The molecule has 0 radical (unpaired) electrons. The van der Waals surface area contributed by atoms with E-state index in [2.05, 4.69) is 16.0 Å². The fraction of sp³-hybridized carbons (Fsp3) is 0.0938. The molecule has 3 N–H and O–H groups in total. The van der Waals surface area contributed by atoms with Crippen LogP contribution in [-0.2, 0) is 9.59 Å². The minimum absolute atomic E-state index is 0.0133. The average Bonchev–Trinajstić information content (AvgIpc) is 3.01. The molecule has 4 aromatic rings. The van der Waals surface area contributed by atoms with Gasteiger partial charge in [0.15, 0.2) is 11.5 Å². The quantitative estimate of drug-likeness (QED) is 0.148. The van der Waals surface area contributed by atoms with E-state index in [0.29, 0.717) is 28.3 Å². The number of thioether (sulfide) groups is 1. The van der Waals surface area contributed by atoms with Crippen molar-refractivity contribution in [1.82, 2.24) is 5.32 Å². The summed E-state index contributed by atoms with van der Waals surface area (Å²) in [7, 11) is 3.03. The van der Waals surface area contributed by atoms with Crippen LogP contribution >= 0.6 is 11.8 Å². The number of hydrogen-bond donors (Lipinski definition) is 3. The van der Waals surface area contributed by atoms with Gasteiger partial charge in [0, 0.05) is 16.1 Å². The van der Waals surface area contributed by atoms with Crippen LogP contribution in [0, 0.1) is 5.82 Å². The standard InChI is InChI=1S/C32H28FN3O5S/c1-40-28-17-12-21(19-29(28)41-2)18-27(36-31(38)22-8-4-3-5-9-22)32(39)34-23-13-15-24(16-14-23)42-20-30(37)35-26-11-7-6-10-25(26)33/h3-19H,20H2,1-2H3,(H,34,39)(H,35,37)(H,36,38)/b27-18-. The van der Waals surface area contributed by atoms with E-state index in [1.54, 1.807) is 84.9 Å². The summed E-state index contributed by atoms with van der Waals surface area (Å²) in [5, 5.41) is 8.04. The monoisotopic (exact) mass is 585 g/mol. The van der Waals surface area contributed by atoms with Crippen molar-refractivity contribution >= 4 is 46.9 Å². The summed E-state index contributed by atoms with van der Waals surface area (Å²) < 4.78 is 24.4. The van der Waals surface area contributed by atoms with E-state index in [1.165, 1.54) is 44.2 Å². The first-order chi connectivity index (χ1) is 20.4. The number of benzene rings is 4. The molecular formula is C32H28FN3O5S. The molecule has 4 rings (SSSR count). The Labute approximate surface area is 246 Å². The lowest BCUT2D eigenvalue weighted by molar-refractivity contribution is -0.114. The molecule has 0 fully saturated rings. The van der Waals surface area contributed by atoms with Gasteiger partial charge in [-0.1, -0.05) is 36.4 Å². The van der Waals surface area contributed by atoms with Crippen LogP contribution in [-0.4, -0.2) is 37.7 Å². The summed E-state index contributed by atoms with van der Waals surface area (Å²) in [5.74, 6) is -0.773. The third-order valence-electron chi connectivity index (χ3n) is 5.88. The molecule has 4 aromatic carbocycles. The lowest BCUT2D eigenvalue weighted by atomic mass is 10.1. The molecule has 0 saturated carbocycles. The van der Waals surface area contributed by atoms with Crippen LogP contribution in [0.1, 0.15) is 15.9 Å². The second-order valence-corrected chi connectivity index (χ2v) is 9.84. The molecule has 0 atom stereocenters.